The molecule has 192 valence electrons. The van der Waals surface area contributed by atoms with E-state index in [0.717, 1.165) is 0 Å². The van der Waals surface area contributed by atoms with Crippen molar-refractivity contribution < 1.29 is 33.3 Å². The zero-order chi connectivity index (χ0) is 26.3. The van der Waals surface area contributed by atoms with Crippen LogP contribution in [0.4, 0.5) is 0 Å². The molecule has 2 atom stereocenters. The fourth-order valence-corrected chi connectivity index (χ4v) is 5.15. The topological polar surface area (TPSA) is 129 Å². The molecule has 0 bridgehead atoms. The predicted molar refractivity (Wildman–Crippen MR) is 131 cm³/mol. The Bertz CT molecular complexity index is 1100. The number of carbonyl (C=O) groups excluding carboxylic acids is 2. The van der Waals surface area contributed by atoms with Crippen LogP contribution < -0.4 is 14.2 Å². The summed E-state index contributed by atoms with van der Waals surface area (Å²) in [4.78, 5) is 30.5. The van der Waals surface area contributed by atoms with E-state index in [1.54, 1.807) is 56.3 Å². The maximum absolute atomic E-state index is 13.7. The molecule has 1 aliphatic rings. The number of carbonyl (C=O) groups is 2. The molecular weight excluding hydrogens is 466 g/mol. The Hall–Kier alpha value is -3.91. The zero-order valence-corrected chi connectivity index (χ0v) is 21.1. The maximum Gasteiger partial charge on any atom is 0.324 e. The van der Waals surface area contributed by atoms with Gasteiger partial charge in [-0.2, -0.15) is 0 Å². The first-order valence-electron chi connectivity index (χ1n) is 11.6. The predicted octanol–water partition coefficient (Wildman–Crippen LogP) is 4.91. The molecule has 0 N–H and O–H groups in total. The number of rotatable bonds is 10. The Morgan fingerprint density at radius 2 is 1.50 bits per heavy atom. The largest absolute Gasteiger partial charge is 0.493 e. The van der Waals surface area contributed by atoms with Gasteiger partial charge in [0.1, 0.15) is 5.54 Å². The van der Waals surface area contributed by atoms with Gasteiger partial charge in [0.2, 0.25) is 5.75 Å². The molecule has 0 heterocycles. The first-order chi connectivity index (χ1) is 17.4. The second-order valence-corrected chi connectivity index (χ2v) is 8.33. The van der Waals surface area contributed by atoms with Crippen LogP contribution in [0.3, 0.4) is 0 Å². The van der Waals surface area contributed by atoms with Crippen LogP contribution in [-0.4, -0.2) is 46.5 Å². The summed E-state index contributed by atoms with van der Waals surface area (Å²) in [6.07, 6.45) is 0.120. The summed E-state index contributed by atoms with van der Waals surface area (Å²) >= 11 is 0. The van der Waals surface area contributed by atoms with E-state index in [-0.39, 0.29) is 26.1 Å². The maximum atomic E-state index is 13.7. The Balaban J connectivity index is 2.34. The number of nitrogens with zero attached hydrogens (tertiary/aromatic N) is 3. The first kappa shape index (κ1) is 26.7. The monoisotopic (exact) mass is 497 g/mol. The van der Waals surface area contributed by atoms with E-state index >= 15 is 0 Å². The van der Waals surface area contributed by atoms with Gasteiger partial charge in [-0.25, -0.2) is 0 Å². The van der Waals surface area contributed by atoms with Gasteiger partial charge < -0.3 is 23.7 Å². The Labute approximate surface area is 210 Å². The highest BCUT2D eigenvalue weighted by Gasteiger charge is 2.69. The van der Waals surface area contributed by atoms with E-state index < -0.39 is 28.8 Å². The summed E-state index contributed by atoms with van der Waals surface area (Å²) in [5.74, 6) is -0.771. The lowest BCUT2D eigenvalue weighted by Gasteiger charge is -2.38. The Morgan fingerprint density at radius 3 is 1.94 bits per heavy atom. The fourth-order valence-electron chi connectivity index (χ4n) is 5.15. The molecule has 0 aromatic heterocycles. The molecule has 2 aromatic carbocycles. The van der Waals surface area contributed by atoms with Crippen LogP contribution in [0.2, 0.25) is 0 Å². The summed E-state index contributed by atoms with van der Waals surface area (Å²) in [6, 6.07) is 12.3. The average Bonchev–Trinajstić information content (AvgIpc) is 3.26. The number of azide groups is 1. The number of methoxy groups -OCH3 is 3. The molecule has 2 aromatic rings. The van der Waals surface area contributed by atoms with Crippen molar-refractivity contribution >= 4 is 11.9 Å². The van der Waals surface area contributed by atoms with Crippen molar-refractivity contribution in [3.63, 3.8) is 0 Å². The number of benzene rings is 2. The van der Waals surface area contributed by atoms with E-state index in [1.165, 1.54) is 21.3 Å². The minimum atomic E-state index is -1.92. The average molecular weight is 498 g/mol. The second-order valence-electron chi connectivity index (χ2n) is 8.33. The summed E-state index contributed by atoms with van der Waals surface area (Å²) in [5, 5.41) is 4.17. The fraction of sp³-hybridized carbons (Fsp3) is 0.462. The highest BCUT2D eigenvalue weighted by molar-refractivity contribution is 6.03. The smallest absolute Gasteiger partial charge is 0.324 e. The highest BCUT2D eigenvalue weighted by atomic mass is 16.6. The van der Waals surface area contributed by atoms with Gasteiger partial charge in [-0.15, -0.1) is 0 Å². The minimum absolute atomic E-state index is 0.0166. The number of hydrogen-bond acceptors (Lipinski definition) is 8. The lowest BCUT2D eigenvalue weighted by molar-refractivity contribution is -0.176. The molecular formula is C26H31N3O7. The zero-order valence-electron chi connectivity index (χ0n) is 21.1. The van der Waals surface area contributed by atoms with Crippen molar-refractivity contribution in [2.24, 2.45) is 10.5 Å². The van der Waals surface area contributed by atoms with Crippen LogP contribution in [0, 0.1) is 5.41 Å². The van der Waals surface area contributed by atoms with E-state index in [2.05, 4.69) is 10.0 Å². The van der Waals surface area contributed by atoms with Gasteiger partial charge in [0.05, 0.1) is 34.5 Å². The van der Waals surface area contributed by atoms with Gasteiger partial charge in [0, 0.05) is 4.91 Å². The molecule has 10 heteroatoms. The van der Waals surface area contributed by atoms with Crippen molar-refractivity contribution in [3.8, 4) is 17.2 Å². The minimum Gasteiger partial charge on any atom is -0.493 e. The van der Waals surface area contributed by atoms with Gasteiger partial charge >= 0.3 is 11.9 Å². The third kappa shape index (κ3) is 4.28. The van der Waals surface area contributed by atoms with Crippen molar-refractivity contribution in [2.45, 2.75) is 38.1 Å². The van der Waals surface area contributed by atoms with Crippen LogP contribution in [0.25, 0.3) is 10.4 Å². The van der Waals surface area contributed by atoms with Crippen LogP contribution in [-0.2, 0) is 24.6 Å². The summed E-state index contributed by atoms with van der Waals surface area (Å²) in [6.45, 7) is 3.38. The number of ether oxygens (including phenoxy) is 5. The molecule has 0 aliphatic heterocycles. The molecule has 0 unspecified atom stereocenters. The lowest BCUT2D eigenvalue weighted by Crippen LogP contribution is -2.53. The summed E-state index contributed by atoms with van der Waals surface area (Å²) in [7, 11) is 4.52. The van der Waals surface area contributed by atoms with Crippen molar-refractivity contribution in [2.75, 3.05) is 34.5 Å². The Morgan fingerprint density at radius 1 is 0.944 bits per heavy atom. The molecule has 36 heavy (non-hydrogen) atoms. The molecule has 10 nitrogen and oxygen atoms in total. The number of hydrogen-bond donors (Lipinski definition) is 0. The van der Waals surface area contributed by atoms with Crippen LogP contribution in [0.1, 0.15) is 43.7 Å². The SMILES string of the molecule is CCOC(=O)C1(C(=O)OCC)C[C@H](c2cc(OC)c(OC)c(OC)c2)C[C@@]1(N=[N+]=[N-])c1ccccc1. The first-order valence-corrected chi connectivity index (χ1v) is 11.6. The van der Waals surface area contributed by atoms with E-state index in [0.29, 0.717) is 28.4 Å². The van der Waals surface area contributed by atoms with Crippen LogP contribution in [0.15, 0.2) is 47.6 Å². The molecule has 1 saturated carbocycles. The molecule has 0 radical (unpaired) electrons. The third-order valence-electron chi connectivity index (χ3n) is 6.67. The molecule has 1 aliphatic carbocycles. The van der Waals surface area contributed by atoms with Gasteiger partial charge in [-0.3, -0.25) is 9.59 Å². The van der Waals surface area contributed by atoms with E-state index in [4.69, 9.17) is 23.7 Å². The van der Waals surface area contributed by atoms with Gasteiger partial charge in [0.25, 0.3) is 0 Å². The standard InChI is InChI=1S/C26H31N3O7/c1-6-35-23(30)25(24(31)36-7-2)15-18(16-26(25,28-29-27)19-11-9-8-10-12-19)17-13-20(32-3)22(34-5)21(14-17)33-4/h8-14,18H,6-7,15-16H2,1-5H3/t18-,26+/m0/s1. The van der Waals surface area contributed by atoms with Gasteiger partial charge in [0.15, 0.2) is 16.9 Å². The van der Waals surface area contributed by atoms with Crippen LogP contribution in [0.5, 0.6) is 17.2 Å². The second kappa shape index (κ2) is 11.2. The van der Waals surface area contributed by atoms with Crippen molar-refractivity contribution in [1.82, 2.24) is 0 Å². The molecule has 0 amide bonds. The molecule has 3 rings (SSSR count). The quantitative estimate of drug-likeness (QED) is 0.150. The molecule has 0 spiro atoms. The van der Waals surface area contributed by atoms with Crippen molar-refractivity contribution in [1.29, 1.82) is 0 Å². The third-order valence-corrected chi connectivity index (χ3v) is 6.67. The van der Waals surface area contributed by atoms with E-state index in [9.17, 15) is 15.1 Å². The molecule has 1 fully saturated rings. The van der Waals surface area contributed by atoms with Crippen molar-refractivity contribution in [3.05, 3.63) is 64.0 Å². The Kier molecular flexibility index (Phi) is 8.32. The normalized spacial score (nSPS) is 20.1. The lowest BCUT2D eigenvalue weighted by atomic mass is 9.68. The van der Waals surface area contributed by atoms with E-state index in [1.807, 2.05) is 0 Å². The summed E-state index contributed by atoms with van der Waals surface area (Å²) in [5.41, 5.74) is 7.40. The summed E-state index contributed by atoms with van der Waals surface area (Å²) < 4.78 is 27.4. The highest BCUT2D eigenvalue weighted by Crippen LogP contribution is 2.62. The van der Waals surface area contributed by atoms with Crippen LogP contribution >= 0.6 is 0 Å². The van der Waals surface area contributed by atoms with Gasteiger partial charge in [-0.1, -0.05) is 35.4 Å². The number of esters is 2. The van der Waals surface area contributed by atoms with Gasteiger partial charge in [-0.05, 0) is 61.4 Å². The molecule has 0 saturated heterocycles.